The molecule has 0 atom stereocenters. The van der Waals surface area contributed by atoms with E-state index in [0.717, 1.165) is 5.56 Å². The van der Waals surface area contributed by atoms with Gasteiger partial charge in [0.1, 0.15) is 29.3 Å². The van der Waals surface area contributed by atoms with Gasteiger partial charge in [-0.05, 0) is 29.7 Å². The standard InChI is InChI=1S/C28H27N3O6/c1-3-21-22(14-18-10-6-4-7-11-18)31-26(25(21)27(33)28(29)34)23(37-17-24(32)35-2)15-19(30-31)16-36-20-12-8-5-9-13-20/h4-13,15H,3,14,16-17H2,1-2H3,(H2,29,34). The Morgan fingerprint density at radius 1 is 0.973 bits per heavy atom. The van der Waals surface area contributed by atoms with Crippen molar-refractivity contribution >= 4 is 23.2 Å². The summed E-state index contributed by atoms with van der Waals surface area (Å²) in [6.45, 7) is 1.58. The lowest BCUT2D eigenvalue weighted by Gasteiger charge is -2.12. The molecule has 2 aromatic heterocycles. The molecule has 2 aromatic carbocycles. The number of Topliss-reactive ketones (excluding diaryl/α,β-unsaturated/α-hetero) is 1. The predicted molar refractivity (Wildman–Crippen MR) is 136 cm³/mol. The number of benzene rings is 2. The first-order valence-corrected chi connectivity index (χ1v) is 11.7. The Bertz CT molecular complexity index is 1430. The number of aromatic nitrogens is 2. The molecular weight excluding hydrogens is 474 g/mol. The fourth-order valence-corrected chi connectivity index (χ4v) is 4.14. The molecule has 1 amide bonds. The van der Waals surface area contributed by atoms with Crippen LogP contribution >= 0.6 is 0 Å². The second kappa shape index (κ2) is 11.4. The van der Waals surface area contributed by atoms with E-state index in [-0.39, 0.29) is 23.4 Å². The molecule has 4 rings (SSSR count). The molecule has 0 bridgehead atoms. The van der Waals surface area contributed by atoms with Gasteiger partial charge in [0.15, 0.2) is 6.61 Å². The molecule has 2 heterocycles. The Morgan fingerprint density at radius 3 is 2.27 bits per heavy atom. The molecule has 37 heavy (non-hydrogen) atoms. The maximum absolute atomic E-state index is 13.1. The zero-order valence-electron chi connectivity index (χ0n) is 20.6. The fraction of sp³-hybridized carbons (Fsp3) is 0.214. The van der Waals surface area contributed by atoms with Crippen LogP contribution < -0.4 is 15.2 Å². The van der Waals surface area contributed by atoms with Gasteiger partial charge in [-0.25, -0.2) is 9.31 Å². The van der Waals surface area contributed by atoms with Crippen molar-refractivity contribution in [3.05, 3.63) is 94.8 Å². The van der Waals surface area contributed by atoms with Crippen LogP contribution in [-0.4, -0.2) is 41.0 Å². The van der Waals surface area contributed by atoms with Crippen molar-refractivity contribution in [1.29, 1.82) is 0 Å². The van der Waals surface area contributed by atoms with Crippen molar-refractivity contribution in [2.75, 3.05) is 13.7 Å². The number of para-hydroxylation sites is 1. The predicted octanol–water partition coefficient (Wildman–Crippen LogP) is 3.29. The Kier molecular flexibility index (Phi) is 7.83. The van der Waals surface area contributed by atoms with Gasteiger partial charge in [0.2, 0.25) is 0 Å². The molecule has 0 aliphatic carbocycles. The van der Waals surface area contributed by atoms with Gasteiger partial charge in [-0.3, -0.25) is 9.59 Å². The van der Waals surface area contributed by atoms with Crippen LogP contribution in [0.25, 0.3) is 5.52 Å². The SMILES string of the molecule is CCc1c(C(=O)C(N)=O)c2c(OCC(=O)OC)cc(COc3ccccc3)nn2c1Cc1ccccc1. The summed E-state index contributed by atoms with van der Waals surface area (Å²) in [5, 5.41) is 4.76. The number of amides is 1. The van der Waals surface area contributed by atoms with Crippen LogP contribution in [0.1, 0.15) is 39.8 Å². The van der Waals surface area contributed by atoms with Crippen LogP contribution in [0.5, 0.6) is 11.5 Å². The van der Waals surface area contributed by atoms with E-state index in [4.69, 9.17) is 25.0 Å². The number of carbonyl (C=O) groups excluding carboxylic acids is 3. The van der Waals surface area contributed by atoms with E-state index in [1.54, 1.807) is 10.6 Å². The van der Waals surface area contributed by atoms with Gasteiger partial charge in [0.25, 0.3) is 11.7 Å². The highest BCUT2D eigenvalue weighted by molar-refractivity contribution is 6.44. The topological polar surface area (TPSA) is 122 Å². The highest BCUT2D eigenvalue weighted by atomic mass is 16.6. The number of carbonyl (C=O) groups is 3. The van der Waals surface area contributed by atoms with E-state index in [9.17, 15) is 14.4 Å². The zero-order valence-corrected chi connectivity index (χ0v) is 20.6. The number of hydrogen-bond acceptors (Lipinski definition) is 7. The smallest absolute Gasteiger partial charge is 0.343 e. The van der Waals surface area contributed by atoms with E-state index in [1.807, 2.05) is 67.6 Å². The van der Waals surface area contributed by atoms with Gasteiger partial charge in [-0.15, -0.1) is 0 Å². The number of ether oxygens (including phenoxy) is 3. The molecule has 0 radical (unpaired) electrons. The Hall–Kier alpha value is -4.66. The number of rotatable bonds is 11. The zero-order chi connectivity index (χ0) is 26.4. The molecule has 4 aromatic rings. The Morgan fingerprint density at radius 2 is 1.65 bits per heavy atom. The third-order valence-electron chi connectivity index (χ3n) is 5.84. The van der Waals surface area contributed by atoms with Crippen molar-refractivity contribution in [3.8, 4) is 11.5 Å². The number of esters is 1. The molecule has 0 fully saturated rings. The first-order valence-electron chi connectivity index (χ1n) is 11.7. The maximum Gasteiger partial charge on any atom is 0.343 e. The lowest BCUT2D eigenvalue weighted by molar-refractivity contribution is -0.142. The number of methoxy groups -OCH3 is 1. The highest BCUT2D eigenvalue weighted by Crippen LogP contribution is 2.33. The van der Waals surface area contributed by atoms with Crippen LogP contribution in [0.2, 0.25) is 0 Å². The average Bonchev–Trinajstić information content (AvgIpc) is 3.23. The van der Waals surface area contributed by atoms with E-state index in [1.165, 1.54) is 7.11 Å². The minimum atomic E-state index is -1.09. The van der Waals surface area contributed by atoms with Crippen molar-refractivity contribution < 1.29 is 28.6 Å². The minimum Gasteiger partial charge on any atom is -0.487 e. The van der Waals surface area contributed by atoms with Crippen molar-refractivity contribution in [2.24, 2.45) is 5.73 Å². The molecule has 0 saturated carbocycles. The second-order valence-corrected chi connectivity index (χ2v) is 8.24. The summed E-state index contributed by atoms with van der Waals surface area (Å²) < 4.78 is 18.0. The molecule has 0 aliphatic heterocycles. The number of primary amides is 1. The second-order valence-electron chi connectivity index (χ2n) is 8.24. The van der Waals surface area contributed by atoms with E-state index < -0.39 is 24.3 Å². The maximum atomic E-state index is 13.1. The lowest BCUT2D eigenvalue weighted by atomic mass is 9.99. The Labute approximate surface area is 213 Å². The molecule has 190 valence electrons. The highest BCUT2D eigenvalue weighted by Gasteiger charge is 2.29. The van der Waals surface area contributed by atoms with E-state index in [0.29, 0.717) is 35.5 Å². The summed E-state index contributed by atoms with van der Waals surface area (Å²) in [7, 11) is 1.25. The summed E-state index contributed by atoms with van der Waals surface area (Å²) in [6.07, 6.45) is 0.871. The molecular formula is C28H27N3O6. The average molecular weight is 502 g/mol. The van der Waals surface area contributed by atoms with Crippen LogP contribution in [0, 0.1) is 0 Å². The summed E-state index contributed by atoms with van der Waals surface area (Å²) in [5.74, 6) is -1.72. The minimum absolute atomic E-state index is 0.0953. The molecule has 0 spiro atoms. The van der Waals surface area contributed by atoms with E-state index >= 15 is 0 Å². The van der Waals surface area contributed by atoms with Crippen LogP contribution in [0.3, 0.4) is 0 Å². The lowest BCUT2D eigenvalue weighted by Crippen LogP contribution is -2.24. The Balaban J connectivity index is 1.92. The van der Waals surface area contributed by atoms with Gasteiger partial charge >= 0.3 is 5.97 Å². The fourth-order valence-electron chi connectivity index (χ4n) is 4.14. The first kappa shape index (κ1) is 25.4. The molecule has 0 aliphatic rings. The van der Waals surface area contributed by atoms with Gasteiger partial charge in [-0.1, -0.05) is 55.5 Å². The van der Waals surface area contributed by atoms with Gasteiger partial charge in [-0.2, -0.15) is 5.10 Å². The van der Waals surface area contributed by atoms with Gasteiger partial charge in [0, 0.05) is 12.5 Å². The summed E-state index contributed by atoms with van der Waals surface area (Å²) >= 11 is 0. The third kappa shape index (κ3) is 5.61. The van der Waals surface area contributed by atoms with E-state index in [2.05, 4.69) is 0 Å². The number of hydrogen-bond donors (Lipinski definition) is 1. The number of nitrogens with zero attached hydrogens (tertiary/aromatic N) is 2. The normalized spacial score (nSPS) is 10.8. The summed E-state index contributed by atoms with van der Waals surface area (Å²) in [4.78, 5) is 37.0. The molecule has 0 unspecified atom stereocenters. The van der Waals surface area contributed by atoms with Crippen LogP contribution in [0.15, 0.2) is 66.7 Å². The van der Waals surface area contributed by atoms with Crippen molar-refractivity contribution in [2.45, 2.75) is 26.4 Å². The van der Waals surface area contributed by atoms with Crippen molar-refractivity contribution in [3.63, 3.8) is 0 Å². The summed E-state index contributed by atoms with van der Waals surface area (Å²) in [5.41, 5.74) is 8.61. The van der Waals surface area contributed by atoms with Crippen molar-refractivity contribution in [1.82, 2.24) is 9.61 Å². The molecule has 2 N–H and O–H groups in total. The monoisotopic (exact) mass is 501 g/mol. The third-order valence-corrected chi connectivity index (χ3v) is 5.84. The molecule has 9 nitrogen and oxygen atoms in total. The van der Waals surface area contributed by atoms with Crippen LogP contribution in [-0.2, 0) is 33.8 Å². The number of nitrogens with two attached hydrogens (primary N) is 1. The van der Waals surface area contributed by atoms with Gasteiger partial charge < -0.3 is 19.9 Å². The number of fused-ring (bicyclic) bond motifs is 1. The molecule has 0 saturated heterocycles. The largest absolute Gasteiger partial charge is 0.487 e. The number of ketones is 1. The quantitative estimate of drug-likeness (QED) is 0.190. The first-order chi connectivity index (χ1) is 17.9. The molecule has 9 heteroatoms. The van der Waals surface area contributed by atoms with Gasteiger partial charge in [0.05, 0.1) is 18.4 Å². The van der Waals surface area contributed by atoms with Crippen LogP contribution in [0.4, 0.5) is 0 Å². The summed E-state index contributed by atoms with van der Waals surface area (Å²) in [6, 6.07) is 20.5.